The highest BCUT2D eigenvalue weighted by atomic mass is 35.5. The average Bonchev–Trinajstić information content (AvgIpc) is 3.00. The summed E-state index contributed by atoms with van der Waals surface area (Å²) in [5.74, 6) is 1.41. The maximum atomic E-state index is 6.09. The molecule has 1 aliphatic rings. The van der Waals surface area contributed by atoms with Crippen LogP contribution in [0.3, 0.4) is 0 Å². The lowest BCUT2D eigenvalue weighted by atomic mass is 10.2. The molecule has 1 aromatic carbocycles. The minimum atomic E-state index is 0.448. The minimum absolute atomic E-state index is 0.448. The molecule has 1 aromatic heterocycles. The van der Waals surface area contributed by atoms with Crippen LogP contribution in [0.25, 0.3) is 11.0 Å². The molecule has 2 aromatic rings. The van der Waals surface area contributed by atoms with E-state index in [1.807, 2.05) is 23.9 Å². The minimum Gasteiger partial charge on any atom is -0.323 e. The van der Waals surface area contributed by atoms with E-state index in [4.69, 9.17) is 23.2 Å². The van der Waals surface area contributed by atoms with Gasteiger partial charge in [-0.3, -0.25) is 0 Å². The molecule has 2 nitrogen and oxygen atoms in total. The highest BCUT2D eigenvalue weighted by Crippen LogP contribution is 2.40. The average molecular weight is 315 g/mol. The predicted molar refractivity (Wildman–Crippen MR) is 84.5 cm³/mol. The Hall–Kier alpha value is -0.380. The van der Waals surface area contributed by atoms with Crippen LogP contribution in [0.15, 0.2) is 18.2 Å². The van der Waals surface area contributed by atoms with E-state index in [-0.39, 0.29) is 0 Å². The number of hydrogen-bond donors (Lipinski definition) is 0. The van der Waals surface area contributed by atoms with Gasteiger partial charge in [-0.1, -0.05) is 18.0 Å². The van der Waals surface area contributed by atoms with Crippen molar-refractivity contribution < 1.29 is 0 Å². The molecule has 1 heterocycles. The van der Waals surface area contributed by atoms with Crippen molar-refractivity contribution in [2.24, 2.45) is 0 Å². The van der Waals surface area contributed by atoms with Gasteiger partial charge in [-0.15, -0.1) is 11.6 Å². The first-order chi connectivity index (χ1) is 9.24. The second-order valence-corrected chi connectivity index (χ2v) is 6.72. The number of benzene rings is 1. The SMILES string of the molecule is CSC1CCCC1n1c(CCl)nc2cc(Cl)ccc21. The van der Waals surface area contributed by atoms with E-state index in [9.17, 15) is 0 Å². The standard InChI is InChI=1S/C14H16Cl2N2S/c1-19-13-4-2-3-12(13)18-11-6-5-9(16)7-10(11)17-14(18)8-15/h5-7,12-13H,2-4,8H2,1H3. The molecule has 0 radical (unpaired) electrons. The van der Waals surface area contributed by atoms with Crippen LogP contribution in [-0.2, 0) is 5.88 Å². The molecule has 0 bridgehead atoms. The summed E-state index contributed by atoms with van der Waals surface area (Å²) < 4.78 is 2.34. The summed E-state index contributed by atoms with van der Waals surface area (Å²) in [5.41, 5.74) is 2.11. The quantitative estimate of drug-likeness (QED) is 0.751. The predicted octanol–water partition coefficient (Wildman–Crippen LogP) is 4.89. The van der Waals surface area contributed by atoms with Gasteiger partial charge in [-0.25, -0.2) is 4.98 Å². The van der Waals surface area contributed by atoms with Gasteiger partial charge in [0.15, 0.2) is 0 Å². The zero-order valence-electron chi connectivity index (χ0n) is 10.8. The summed E-state index contributed by atoms with van der Waals surface area (Å²) in [6.07, 6.45) is 5.97. The van der Waals surface area contributed by atoms with Gasteiger partial charge in [0.2, 0.25) is 0 Å². The third-order valence-electron chi connectivity index (χ3n) is 3.90. The van der Waals surface area contributed by atoms with Crippen LogP contribution in [-0.4, -0.2) is 21.1 Å². The summed E-state index contributed by atoms with van der Waals surface area (Å²) in [5, 5.41) is 1.39. The molecule has 5 heteroatoms. The van der Waals surface area contributed by atoms with Crippen molar-refractivity contribution in [1.29, 1.82) is 0 Å². The van der Waals surface area contributed by atoms with Crippen molar-refractivity contribution in [3.63, 3.8) is 0 Å². The van der Waals surface area contributed by atoms with Crippen LogP contribution < -0.4 is 0 Å². The van der Waals surface area contributed by atoms with E-state index in [2.05, 4.69) is 21.9 Å². The van der Waals surface area contributed by atoms with Crippen LogP contribution in [0.5, 0.6) is 0 Å². The molecule has 2 atom stereocenters. The van der Waals surface area contributed by atoms with Gasteiger partial charge >= 0.3 is 0 Å². The molecule has 1 saturated carbocycles. The Balaban J connectivity index is 2.15. The Labute approximate surface area is 127 Å². The van der Waals surface area contributed by atoms with Crippen molar-refractivity contribution in [2.45, 2.75) is 36.4 Å². The number of aromatic nitrogens is 2. The summed E-state index contributed by atoms with van der Waals surface area (Å²) >= 11 is 14.1. The molecule has 102 valence electrons. The summed E-state index contributed by atoms with van der Waals surface area (Å²) in [4.78, 5) is 4.64. The molecule has 1 fully saturated rings. The maximum absolute atomic E-state index is 6.09. The van der Waals surface area contributed by atoms with E-state index < -0.39 is 0 Å². The van der Waals surface area contributed by atoms with Crippen LogP contribution in [0, 0.1) is 0 Å². The van der Waals surface area contributed by atoms with E-state index in [1.165, 1.54) is 19.3 Å². The largest absolute Gasteiger partial charge is 0.323 e. The van der Waals surface area contributed by atoms with Gasteiger partial charge in [-0.2, -0.15) is 11.8 Å². The summed E-state index contributed by atoms with van der Waals surface area (Å²) in [6, 6.07) is 6.43. The number of nitrogens with zero attached hydrogens (tertiary/aromatic N) is 2. The van der Waals surface area contributed by atoms with Gasteiger partial charge in [0, 0.05) is 16.3 Å². The van der Waals surface area contributed by atoms with Gasteiger partial charge in [0.1, 0.15) is 5.82 Å². The number of alkyl halides is 1. The van der Waals surface area contributed by atoms with Crippen LogP contribution in [0.1, 0.15) is 31.1 Å². The zero-order valence-corrected chi connectivity index (χ0v) is 13.1. The molecule has 1 aliphatic carbocycles. The first-order valence-electron chi connectivity index (χ1n) is 6.49. The number of hydrogen-bond acceptors (Lipinski definition) is 2. The number of imidazole rings is 1. The third kappa shape index (κ3) is 2.37. The second-order valence-electron chi connectivity index (χ2n) is 4.94. The fourth-order valence-electron chi connectivity index (χ4n) is 3.06. The maximum Gasteiger partial charge on any atom is 0.125 e. The van der Waals surface area contributed by atoms with Gasteiger partial charge in [0.05, 0.1) is 16.9 Å². The number of fused-ring (bicyclic) bond motifs is 1. The van der Waals surface area contributed by atoms with Crippen LogP contribution in [0.4, 0.5) is 0 Å². The van der Waals surface area contributed by atoms with E-state index >= 15 is 0 Å². The fraction of sp³-hybridized carbons (Fsp3) is 0.500. The zero-order chi connectivity index (χ0) is 13.4. The molecule has 19 heavy (non-hydrogen) atoms. The summed E-state index contributed by atoms with van der Waals surface area (Å²) in [6.45, 7) is 0. The smallest absolute Gasteiger partial charge is 0.125 e. The van der Waals surface area contributed by atoms with Gasteiger partial charge in [0.25, 0.3) is 0 Å². The molecule has 0 spiro atoms. The molecule has 2 unspecified atom stereocenters. The Kier molecular flexibility index (Phi) is 3.97. The number of halogens is 2. The topological polar surface area (TPSA) is 17.8 Å². The Bertz CT molecular complexity index is 596. The van der Waals surface area contributed by atoms with E-state index in [0.717, 1.165) is 21.9 Å². The Morgan fingerprint density at radius 1 is 1.42 bits per heavy atom. The Morgan fingerprint density at radius 2 is 2.26 bits per heavy atom. The lowest BCUT2D eigenvalue weighted by Crippen LogP contribution is -2.17. The molecule has 0 saturated heterocycles. The van der Waals surface area contributed by atoms with Crippen LogP contribution in [0.2, 0.25) is 5.02 Å². The third-order valence-corrected chi connectivity index (χ3v) is 5.53. The molecular weight excluding hydrogens is 299 g/mol. The van der Waals surface area contributed by atoms with Crippen molar-refractivity contribution in [1.82, 2.24) is 9.55 Å². The van der Waals surface area contributed by atoms with Crippen molar-refractivity contribution in [3.05, 3.63) is 29.0 Å². The lowest BCUT2D eigenvalue weighted by molar-refractivity contribution is 0.528. The lowest BCUT2D eigenvalue weighted by Gasteiger charge is -2.22. The van der Waals surface area contributed by atoms with Gasteiger partial charge in [-0.05, 0) is 37.3 Å². The first-order valence-corrected chi connectivity index (χ1v) is 8.69. The highest BCUT2D eigenvalue weighted by molar-refractivity contribution is 7.99. The van der Waals surface area contributed by atoms with Crippen molar-refractivity contribution >= 4 is 46.0 Å². The Morgan fingerprint density at radius 3 is 3.00 bits per heavy atom. The number of rotatable bonds is 3. The molecular formula is C14H16Cl2N2S. The summed E-state index contributed by atoms with van der Waals surface area (Å²) in [7, 11) is 0. The first kappa shape index (κ1) is 13.6. The van der Waals surface area contributed by atoms with E-state index in [0.29, 0.717) is 17.2 Å². The van der Waals surface area contributed by atoms with Crippen molar-refractivity contribution in [3.8, 4) is 0 Å². The fourth-order valence-corrected chi connectivity index (χ4v) is 4.39. The normalized spacial score (nSPS) is 23.3. The molecule has 0 aliphatic heterocycles. The van der Waals surface area contributed by atoms with E-state index in [1.54, 1.807) is 0 Å². The molecule has 0 amide bonds. The second kappa shape index (κ2) is 5.55. The molecule has 0 N–H and O–H groups in total. The highest BCUT2D eigenvalue weighted by Gasteiger charge is 2.30. The van der Waals surface area contributed by atoms with Crippen molar-refractivity contribution in [2.75, 3.05) is 6.26 Å². The monoisotopic (exact) mass is 314 g/mol. The van der Waals surface area contributed by atoms with Gasteiger partial charge < -0.3 is 4.57 Å². The number of thioether (sulfide) groups is 1. The molecule has 3 rings (SSSR count). The van der Waals surface area contributed by atoms with Crippen LogP contribution >= 0.6 is 35.0 Å².